The molecule has 0 aliphatic rings. The zero-order chi connectivity index (χ0) is 5.86. The van der Waals surface area contributed by atoms with Crippen LogP contribution >= 0.6 is 0 Å². The summed E-state index contributed by atoms with van der Waals surface area (Å²) in [5.74, 6) is -0.213. The molecule has 0 rings (SSSR count). The Labute approximate surface area is 60.1 Å². The summed E-state index contributed by atoms with van der Waals surface area (Å²) >= 11 is 0. The molecule has 0 aliphatic carbocycles. The second-order valence-corrected chi connectivity index (χ2v) is 1.66. The first-order valence-corrected chi connectivity index (χ1v) is 2.30. The molecule has 0 aromatic carbocycles. The van der Waals surface area contributed by atoms with E-state index in [9.17, 15) is 4.79 Å². The molecule has 3 heteroatoms. The second kappa shape index (κ2) is 5.13. The van der Waals surface area contributed by atoms with Crippen molar-refractivity contribution in [2.75, 3.05) is 0 Å². The molecule has 0 aromatic heterocycles. The topological polar surface area (TPSA) is 26.3 Å². The number of hydrogen-bond acceptors (Lipinski definition) is 2. The van der Waals surface area contributed by atoms with E-state index in [0.29, 0.717) is 0 Å². The third-order valence-electron chi connectivity index (χ3n) is 0.402. The molecule has 0 aromatic rings. The summed E-state index contributed by atoms with van der Waals surface area (Å²) in [7, 11) is 0. The summed E-state index contributed by atoms with van der Waals surface area (Å²) in [6.45, 7) is 5.04. The van der Waals surface area contributed by atoms with Crippen LogP contribution in [0.2, 0.25) is 0 Å². The third-order valence-corrected chi connectivity index (χ3v) is 0.402. The fourth-order valence-electron chi connectivity index (χ4n) is 0.332. The van der Waals surface area contributed by atoms with Crippen LogP contribution in [0, 0.1) is 0 Å². The maximum Gasteiger partial charge on any atom is 0.302 e. The molecule has 0 saturated heterocycles. The molecule has 50 valence electrons. The van der Waals surface area contributed by atoms with Gasteiger partial charge < -0.3 is 4.74 Å². The molecule has 0 aliphatic heterocycles. The van der Waals surface area contributed by atoms with Gasteiger partial charge in [-0.1, -0.05) is 0 Å². The Hall–Kier alpha value is -0.0105. The minimum Gasteiger partial charge on any atom is -0.463 e. The molecular weight excluding hydrogens is 148 g/mol. The molecule has 0 amide bonds. The Morgan fingerprint density at radius 1 is 1.50 bits per heavy atom. The van der Waals surface area contributed by atoms with Crippen LogP contribution in [0.3, 0.4) is 0 Å². The Morgan fingerprint density at radius 3 is 1.88 bits per heavy atom. The van der Waals surface area contributed by atoms with E-state index in [1.807, 2.05) is 13.8 Å². The van der Waals surface area contributed by atoms with Gasteiger partial charge in [0.1, 0.15) is 0 Å². The smallest absolute Gasteiger partial charge is 0.302 e. The summed E-state index contributed by atoms with van der Waals surface area (Å²) in [5.41, 5.74) is 0. The van der Waals surface area contributed by atoms with Crippen molar-refractivity contribution in [1.82, 2.24) is 0 Å². The van der Waals surface area contributed by atoms with Crippen LogP contribution in [0.5, 0.6) is 0 Å². The van der Waals surface area contributed by atoms with Crippen LogP contribution in [0.4, 0.5) is 0 Å². The van der Waals surface area contributed by atoms with Gasteiger partial charge in [0.2, 0.25) is 0 Å². The monoisotopic (exact) mass is 158 g/mol. The number of rotatable bonds is 1. The second-order valence-electron chi connectivity index (χ2n) is 1.66. The van der Waals surface area contributed by atoms with Crippen LogP contribution < -0.4 is 0 Å². The predicted molar refractivity (Wildman–Crippen MR) is 26.9 cm³/mol. The van der Waals surface area contributed by atoms with E-state index in [4.69, 9.17) is 0 Å². The number of hydrogen-bond donors (Lipinski definition) is 0. The van der Waals surface area contributed by atoms with Crippen molar-refractivity contribution in [3.05, 3.63) is 0 Å². The van der Waals surface area contributed by atoms with E-state index >= 15 is 0 Å². The molecular formula is C5H10FeO2. The fourth-order valence-corrected chi connectivity index (χ4v) is 0.332. The Kier molecular flexibility index (Phi) is 6.98. The van der Waals surface area contributed by atoms with Gasteiger partial charge in [0.25, 0.3) is 0 Å². The Balaban J connectivity index is 0. The quantitative estimate of drug-likeness (QED) is 0.419. The van der Waals surface area contributed by atoms with E-state index in [0.717, 1.165) is 0 Å². The van der Waals surface area contributed by atoms with Gasteiger partial charge in [0, 0.05) is 24.0 Å². The maximum absolute atomic E-state index is 10.0. The van der Waals surface area contributed by atoms with Crippen molar-refractivity contribution in [2.24, 2.45) is 0 Å². The molecule has 0 unspecified atom stereocenters. The van der Waals surface area contributed by atoms with Gasteiger partial charge in [-0.25, -0.2) is 0 Å². The maximum atomic E-state index is 10.0. The van der Waals surface area contributed by atoms with Gasteiger partial charge in [-0.3, -0.25) is 4.79 Å². The minimum absolute atomic E-state index is 0. The number of esters is 1. The average Bonchev–Trinajstić information content (AvgIpc) is 1.27. The van der Waals surface area contributed by atoms with Gasteiger partial charge in [-0.15, -0.1) is 0 Å². The Morgan fingerprint density at radius 2 is 1.88 bits per heavy atom. The molecule has 8 heavy (non-hydrogen) atoms. The SMILES string of the molecule is CC(=O)OC(C)C.[Fe]. The van der Waals surface area contributed by atoms with Gasteiger partial charge >= 0.3 is 5.97 Å². The first kappa shape index (κ1) is 10.9. The van der Waals surface area contributed by atoms with Crippen LogP contribution in [-0.4, -0.2) is 12.1 Å². The van der Waals surface area contributed by atoms with Gasteiger partial charge in [-0.2, -0.15) is 0 Å². The van der Waals surface area contributed by atoms with Crippen molar-refractivity contribution >= 4 is 5.97 Å². The van der Waals surface area contributed by atoms with E-state index in [1.54, 1.807) is 0 Å². The normalized spacial score (nSPS) is 8.00. The average molecular weight is 158 g/mol. The van der Waals surface area contributed by atoms with Crippen molar-refractivity contribution in [2.45, 2.75) is 26.9 Å². The van der Waals surface area contributed by atoms with Crippen LogP contribution in [0.25, 0.3) is 0 Å². The molecule has 0 heterocycles. The summed E-state index contributed by atoms with van der Waals surface area (Å²) in [6.07, 6.45) is 0.0255. The zero-order valence-corrected chi connectivity index (χ0v) is 6.35. The van der Waals surface area contributed by atoms with E-state index in [2.05, 4.69) is 4.74 Å². The molecule has 0 N–H and O–H groups in total. The fraction of sp³-hybridized carbons (Fsp3) is 0.800. The zero-order valence-electron chi connectivity index (χ0n) is 5.25. The van der Waals surface area contributed by atoms with Gasteiger partial charge in [0.05, 0.1) is 6.10 Å². The summed E-state index contributed by atoms with van der Waals surface area (Å²) < 4.78 is 4.61. The van der Waals surface area contributed by atoms with Crippen molar-refractivity contribution in [3.63, 3.8) is 0 Å². The molecule has 0 saturated carbocycles. The van der Waals surface area contributed by atoms with Gasteiger partial charge in [0.15, 0.2) is 0 Å². The summed E-state index contributed by atoms with van der Waals surface area (Å²) in [6, 6.07) is 0. The largest absolute Gasteiger partial charge is 0.463 e. The molecule has 0 fully saturated rings. The molecule has 0 spiro atoms. The summed E-state index contributed by atoms with van der Waals surface area (Å²) in [4.78, 5) is 10.0. The number of carbonyl (C=O) groups excluding carboxylic acids is 1. The first-order valence-electron chi connectivity index (χ1n) is 2.30. The van der Waals surface area contributed by atoms with Crippen LogP contribution in [0.1, 0.15) is 20.8 Å². The van der Waals surface area contributed by atoms with Crippen molar-refractivity contribution in [3.8, 4) is 0 Å². The molecule has 0 atom stereocenters. The van der Waals surface area contributed by atoms with E-state index < -0.39 is 0 Å². The van der Waals surface area contributed by atoms with Crippen LogP contribution in [0.15, 0.2) is 0 Å². The standard InChI is InChI=1S/C5H10O2.Fe/c1-4(2)7-5(3)6;/h4H,1-3H3;. The van der Waals surface area contributed by atoms with Gasteiger partial charge in [-0.05, 0) is 13.8 Å². The molecule has 2 nitrogen and oxygen atoms in total. The third kappa shape index (κ3) is 9.37. The minimum atomic E-state index is -0.213. The van der Waals surface area contributed by atoms with Crippen molar-refractivity contribution < 1.29 is 26.6 Å². The van der Waals surface area contributed by atoms with E-state index in [1.165, 1.54) is 6.92 Å². The molecule has 0 radical (unpaired) electrons. The van der Waals surface area contributed by atoms with Crippen molar-refractivity contribution in [1.29, 1.82) is 0 Å². The number of carbonyl (C=O) groups is 1. The Bertz CT molecular complexity index is 70.8. The predicted octanol–water partition coefficient (Wildman–Crippen LogP) is 0.955. The molecule has 0 bridgehead atoms. The first-order chi connectivity index (χ1) is 3.13. The van der Waals surface area contributed by atoms with E-state index in [-0.39, 0.29) is 29.1 Å². The van der Waals surface area contributed by atoms with Crippen LogP contribution in [-0.2, 0) is 26.6 Å². The summed E-state index contributed by atoms with van der Waals surface area (Å²) in [5, 5.41) is 0. The number of ether oxygens (including phenoxy) is 1.